The second-order valence-electron chi connectivity index (χ2n) is 4.78. The number of ether oxygens (including phenoxy) is 1. The molecule has 0 spiro atoms. The Bertz CT molecular complexity index is 640. The lowest BCUT2D eigenvalue weighted by Crippen LogP contribution is -2.20. The fourth-order valence-corrected chi connectivity index (χ4v) is 2.58. The molecule has 2 aromatic carbocycles. The Morgan fingerprint density at radius 2 is 2.00 bits per heavy atom. The minimum atomic E-state index is -0.176. The third-order valence-corrected chi connectivity index (χ3v) is 3.77. The van der Waals surface area contributed by atoms with Crippen molar-refractivity contribution in [1.29, 1.82) is 0 Å². The number of aryl methyl sites for hydroxylation is 2. The summed E-state index contributed by atoms with van der Waals surface area (Å²) in [4.78, 5) is 12.0. The molecule has 0 aliphatic heterocycles. The Balaban J connectivity index is 1.96. The molecule has 0 aliphatic rings. The van der Waals surface area contributed by atoms with Crippen LogP contribution in [0.25, 0.3) is 0 Å². The fraction of sp³-hybridized carbons (Fsp3) is 0.235. The Labute approximate surface area is 133 Å². The van der Waals surface area contributed by atoms with E-state index in [-0.39, 0.29) is 12.5 Å². The SMILES string of the molecule is CCc1ccccc1OCC(=O)Nc1ccc(C)cc1Br. The molecule has 1 N–H and O–H groups in total. The molecule has 0 atom stereocenters. The Morgan fingerprint density at radius 3 is 2.71 bits per heavy atom. The van der Waals surface area contributed by atoms with Crippen molar-refractivity contribution in [2.24, 2.45) is 0 Å². The van der Waals surface area contributed by atoms with Gasteiger partial charge in [0.2, 0.25) is 0 Å². The van der Waals surface area contributed by atoms with Crippen LogP contribution in [0.4, 0.5) is 5.69 Å². The molecule has 0 radical (unpaired) electrons. The maximum atomic E-state index is 12.0. The molecule has 0 heterocycles. The van der Waals surface area contributed by atoms with Crippen LogP contribution in [-0.2, 0) is 11.2 Å². The number of carbonyl (C=O) groups excluding carboxylic acids is 1. The first-order valence-corrected chi connectivity index (χ1v) is 7.66. The molecule has 0 bridgehead atoms. The van der Waals surface area contributed by atoms with E-state index in [0.29, 0.717) is 0 Å². The van der Waals surface area contributed by atoms with Crippen molar-refractivity contribution in [2.75, 3.05) is 11.9 Å². The average Bonchev–Trinajstić information content (AvgIpc) is 2.48. The Hall–Kier alpha value is -1.81. The molecule has 110 valence electrons. The number of carbonyl (C=O) groups is 1. The molecule has 0 saturated carbocycles. The molecule has 21 heavy (non-hydrogen) atoms. The maximum Gasteiger partial charge on any atom is 0.262 e. The van der Waals surface area contributed by atoms with Gasteiger partial charge in [-0.05, 0) is 58.6 Å². The van der Waals surface area contributed by atoms with Crippen LogP contribution in [0.3, 0.4) is 0 Å². The number of nitrogens with one attached hydrogen (secondary N) is 1. The van der Waals surface area contributed by atoms with E-state index in [2.05, 4.69) is 28.2 Å². The lowest BCUT2D eigenvalue weighted by molar-refractivity contribution is -0.118. The summed E-state index contributed by atoms with van der Waals surface area (Å²) in [5.74, 6) is 0.587. The molecular weight excluding hydrogens is 330 g/mol. The highest BCUT2D eigenvalue weighted by Crippen LogP contribution is 2.23. The van der Waals surface area contributed by atoms with Gasteiger partial charge in [-0.25, -0.2) is 0 Å². The van der Waals surface area contributed by atoms with Crippen molar-refractivity contribution < 1.29 is 9.53 Å². The molecule has 4 heteroatoms. The van der Waals surface area contributed by atoms with Crippen LogP contribution >= 0.6 is 15.9 Å². The molecule has 3 nitrogen and oxygen atoms in total. The first kappa shape index (κ1) is 15.6. The van der Waals surface area contributed by atoms with Crippen molar-refractivity contribution in [3.63, 3.8) is 0 Å². The predicted molar refractivity (Wildman–Crippen MR) is 88.8 cm³/mol. The van der Waals surface area contributed by atoms with E-state index in [1.807, 2.05) is 49.4 Å². The summed E-state index contributed by atoms with van der Waals surface area (Å²) >= 11 is 3.44. The molecule has 2 rings (SSSR count). The van der Waals surface area contributed by atoms with Crippen LogP contribution in [0.5, 0.6) is 5.75 Å². The average molecular weight is 348 g/mol. The minimum Gasteiger partial charge on any atom is -0.483 e. The third-order valence-electron chi connectivity index (χ3n) is 3.11. The number of hydrogen-bond donors (Lipinski definition) is 1. The monoisotopic (exact) mass is 347 g/mol. The molecule has 1 amide bonds. The normalized spacial score (nSPS) is 10.2. The zero-order valence-electron chi connectivity index (χ0n) is 12.2. The van der Waals surface area contributed by atoms with Crippen molar-refractivity contribution >= 4 is 27.5 Å². The lowest BCUT2D eigenvalue weighted by Gasteiger charge is -2.11. The molecule has 0 saturated heterocycles. The summed E-state index contributed by atoms with van der Waals surface area (Å²) in [6.07, 6.45) is 0.876. The molecule has 2 aromatic rings. The van der Waals surface area contributed by atoms with Crippen LogP contribution in [0.15, 0.2) is 46.9 Å². The molecular formula is C17H18BrNO2. The van der Waals surface area contributed by atoms with Crippen LogP contribution in [-0.4, -0.2) is 12.5 Å². The summed E-state index contributed by atoms with van der Waals surface area (Å²) in [6.45, 7) is 4.06. The van der Waals surface area contributed by atoms with Crippen LogP contribution in [0.1, 0.15) is 18.1 Å². The highest BCUT2D eigenvalue weighted by Gasteiger charge is 2.08. The van der Waals surface area contributed by atoms with E-state index in [0.717, 1.165) is 33.5 Å². The third kappa shape index (κ3) is 4.33. The van der Waals surface area contributed by atoms with Crippen LogP contribution < -0.4 is 10.1 Å². The fourth-order valence-electron chi connectivity index (χ4n) is 1.99. The van der Waals surface area contributed by atoms with Crippen molar-refractivity contribution in [3.8, 4) is 5.75 Å². The van der Waals surface area contributed by atoms with Gasteiger partial charge in [0.05, 0.1) is 5.69 Å². The largest absolute Gasteiger partial charge is 0.483 e. The first-order chi connectivity index (χ1) is 10.1. The maximum absolute atomic E-state index is 12.0. The zero-order chi connectivity index (χ0) is 15.2. The Kier molecular flexibility index (Phi) is 5.39. The second kappa shape index (κ2) is 7.27. The number of hydrogen-bond acceptors (Lipinski definition) is 2. The number of para-hydroxylation sites is 1. The molecule has 0 fully saturated rings. The predicted octanol–water partition coefficient (Wildman–Crippen LogP) is 4.34. The van der Waals surface area contributed by atoms with Gasteiger partial charge in [0.25, 0.3) is 5.91 Å². The Morgan fingerprint density at radius 1 is 1.24 bits per heavy atom. The van der Waals surface area contributed by atoms with Crippen molar-refractivity contribution in [3.05, 3.63) is 58.1 Å². The minimum absolute atomic E-state index is 0.00265. The number of rotatable bonds is 5. The number of benzene rings is 2. The summed E-state index contributed by atoms with van der Waals surface area (Å²) in [5, 5.41) is 2.83. The van der Waals surface area contributed by atoms with Gasteiger partial charge in [-0.1, -0.05) is 31.2 Å². The zero-order valence-corrected chi connectivity index (χ0v) is 13.7. The first-order valence-electron chi connectivity index (χ1n) is 6.87. The van der Waals surface area contributed by atoms with Gasteiger partial charge >= 0.3 is 0 Å². The van der Waals surface area contributed by atoms with E-state index >= 15 is 0 Å². The van der Waals surface area contributed by atoms with Crippen LogP contribution in [0, 0.1) is 6.92 Å². The van der Waals surface area contributed by atoms with Gasteiger partial charge in [-0.3, -0.25) is 4.79 Å². The van der Waals surface area contributed by atoms with Gasteiger partial charge in [0.15, 0.2) is 6.61 Å². The van der Waals surface area contributed by atoms with Gasteiger partial charge in [-0.15, -0.1) is 0 Å². The van der Waals surface area contributed by atoms with E-state index in [1.165, 1.54) is 0 Å². The van der Waals surface area contributed by atoms with E-state index in [4.69, 9.17) is 4.74 Å². The highest BCUT2D eigenvalue weighted by atomic mass is 79.9. The van der Waals surface area contributed by atoms with Gasteiger partial charge in [0, 0.05) is 4.47 Å². The molecule has 0 aromatic heterocycles. The van der Waals surface area contributed by atoms with E-state index in [1.54, 1.807) is 0 Å². The number of halogens is 1. The van der Waals surface area contributed by atoms with Crippen molar-refractivity contribution in [2.45, 2.75) is 20.3 Å². The smallest absolute Gasteiger partial charge is 0.262 e. The number of anilines is 1. The lowest BCUT2D eigenvalue weighted by atomic mass is 10.1. The second-order valence-corrected chi connectivity index (χ2v) is 5.64. The standard InChI is InChI=1S/C17H18BrNO2/c1-3-13-6-4-5-7-16(13)21-11-17(20)19-15-9-8-12(2)10-14(15)18/h4-10H,3,11H2,1-2H3,(H,19,20). The van der Waals surface area contributed by atoms with Crippen LogP contribution in [0.2, 0.25) is 0 Å². The quantitative estimate of drug-likeness (QED) is 0.873. The van der Waals surface area contributed by atoms with Gasteiger partial charge in [0.1, 0.15) is 5.75 Å². The molecule has 0 aliphatic carbocycles. The number of amides is 1. The topological polar surface area (TPSA) is 38.3 Å². The summed E-state index contributed by atoms with van der Waals surface area (Å²) < 4.78 is 6.46. The molecule has 0 unspecified atom stereocenters. The van der Waals surface area contributed by atoms with Gasteiger partial charge < -0.3 is 10.1 Å². The highest BCUT2D eigenvalue weighted by molar-refractivity contribution is 9.10. The van der Waals surface area contributed by atoms with E-state index < -0.39 is 0 Å². The van der Waals surface area contributed by atoms with Crippen molar-refractivity contribution in [1.82, 2.24) is 0 Å². The summed E-state index contributed by atoms with van der Waals surface area (Å²) in [6, 6.07) is 13.5. The van der Waals surface area contributed by atoms with Gasteiger partial charge in [-0.2, -0.15) is 0 Å². The van der Waals surface area contributed by atoms with E-state index in [9.17, 15) is 4.79 Å². The summed E-state index contributed by atoms with van der Waals surface area (Å²) in [7, 11) is 0. The summed E-state index contributed by atoms with van der Waals surface area (Å²) in [5.41, 5.74) is 2.98.